The lowest BCUT2D eigenvalue weighted by Gasteiger charge is -2.24. The normalized spacial score (nSPS) is 17.4. The van der Waals surface area contributed by atoms with Crippen LogP contribution in [0.1, 0.15) is 36.5 Å². The van der Waals surface area contributed by atoms with Crippen molar-refractivity contribution in [3.63, 3.8) is 0 Å². The number of nitrogens with zero attached hydrogens (tertiary/aromatic N) is 2. The van der Waals surface area contributed by atoms with Crippen LogP contribution in [0.4, 0.5) is 0 Å². The number of hydrogen-bond acceptors (Lipinski definition) is 4. The second kappa shape index (κ2) is 7.56. The summed E-state index contributed by atoms with van der Waals surface area (Å²) in [4.78, 5) is 28.2. The molecule has 0 bridgehead atoms. The summed E-state index contributed by atoms with van der Waals surface area (Å²) < 4.78 is 0. The Balaban J connectivity index is 1.93. The average Bonchev–Trinajstić information content (AvgIpc) is 2.90. The van der Waals surface area contributed by atoms with E-state index in [2.05, 4.69) is 0 Å². The van der Waals surface area contributed by atoms with Gasteiger partial charge in [-0.05, 0) is 24.3 Å². The highest BCUT2D eigenvalue weighted by molar-refractivity contribution is 7.08. The van der Waals surface area contributed by atoms with Crippen molar-refractivity contribution in [2.24, 2.45) is 5.73 Å². The first-order chi connectivity index (χ1) is 10.1. The monoisotopic (exact) mass is 309 g/mol. The van der Waals surface area contributed by atoms with Crippen LogP contribution in [0.25, 0.3) is 0 Å². The third-order valence-electron chi connectivity index (χ3n) is 3.78. The third-order valence-corrected chi connectivity index (χ3v) is 4.46. The molecular weight excluding hydrogens is 286 g/mol. The predicted octanol–water partition coefficient (Wildman–Crippen LogP) is 1.55. The van der Waals surface area contributed by atoms with Gasteiger partial charge in [0.2, 0.25) is 5.91 Å². The Morgan fingerprint density at radius 2 is 2.00 bits per heavy atom. The minimum absolute atomic E-state index is 0.0154. The summed E-state index contributed by atoms with van der Waals surface area (Å²) in [6.45, 7) is 4.56. The summed E-state index contributed by atoms with van der Waals surface area (Å²) >= 11 is 1.52. The van der Waals surface area contributed by atoms with Crippen LogP contribution in [0.3, 0.4) is 0 Å². The largest absolute Gasteiger partial charge is 0.340 e. The fraction of sp³-hybridized carbons (Fsp3) is 0.600. The van der Waals surface area contributed by atoms with Crippen LogP contribution >= 0.6 is 11.3 Å². The van der Waals surface area contributed by atoms with Crippen LogP contribution in [-0.2, 0) is 4.79 Å². The first-order valence-corrected chi connectivity index (χ1v) is 8.43. The van der Waals surface area contributed by atoms with Gasteiger partial charge in [0.05, 0.1) is 11.6 Å². The zero-order valence-electron chi connectivity index (χ0n) is 12.5. The molecule has 2 N–H and O–H groups in total. The van der Waals surface area contributed by atoms with Gasteiger partial charge in [0.25, 0.3) is 5.91 Å². The van der Waals surface area contributed by atoms with Crippen LogP contribution < -0.4 is 5.73 Å². The molecule has 0 aromatic carbocycles. The fourth-order valence-electron chi connectivity index (χ4n) is 2.58. The Kier molecular flexibility index (Phi) is 5.76. The van der Waals surface area contributed by atoms with Gasteiger partial charge in [-0.15, -0.1) is 0 Å². The molecule has 1 aromatic rings. The summed E-state index contributed by atoms with van der Waals surface area (Å²) in [5, 5.41) is 3.78. The van der Waals surface area contributed by atoms with Crippen molar-refractivity contribution in [1.29, 1.82) is 0 Å². The van der Waals surface area contributed by atoms with Crippen LogP contribution in [0, 0.1) is 0 Å². The Morgan fingerprint density at radius 1 is 1.29 bits per heavy atom. The Bertz CT molecular complexity index is 475. The number of rotatable bonds is 4. The molecular formula is C15H23N3O2S. The highest BCUT2D eigenvalue weighted by Crippen LogP contribution is 2.13. The molecule has 1 saturated heterocycles. The molecule has 21 heavy (non-hydrogen) atoms. The molecule has 1 fully saturated rings. The number of thiophene rings is 1. The molecule has 2 rings (SSSR count). The molecule has 2 amide bonds. The van der Waals surface area contributed by atoms with Gasteiger partial charge in [-0.2, -0.15) is 11.3 Å². The second-order valence-electron chi connectivity index (χ2n) is 5.38. The summed E-state index contributed by atoms with van der Waals surface area (Å²) in [6.07, 6.45) is 2.43. The molecule has 1 atom stereocenters. The highest BCUT2D eigenvalue weighted by Gasteiger charge is 2.25. The van der Waals surface area contributed by atoms with Gasteiger partial charge in [-0.25, -0.2) is 0 Å². The van der Waals surface area contributed by atoms with E-state index in [1.807, 2.05) is 28.7 Å². The van der Waals surface area contributed by atoms with E-state index in [9.17, 15) is 9.59 Å². The summed E-state index contributed by atoms with van der Waals surface area (Å²) in [5.74, 6) is 0.0742. The predicted molar refractivity (Wildman–Crippen MR) is 84.3 cm³/mol. The highest BCUT2D eigenvalue weighted by atomic mass is 32.1. The number of nitrogens with two attached hydrogens (primary N) is 1. The van der Waals surface area contributed by atoms with Crippen molar-refractivity contribution in [2.45, 2.75) is 32.2 Å². The molecule has 0 saturated carbocycles. The molecule has 5 nitrogen and oxygen atoms in total. The first-order valence-electron chi connectivity index (χ1n) is 7.49. The van der Waals surface area contributed by atoms with Crippen LogP contribution in [0.5, 0.6) is 0 Å². The van der Waals surface area contributed by atoms with E-state index in [0.717, 1.165) is 18.4 Å². The van der Waals surface area contributed by atoms with Gasteiger partial charge in [-0.3, -0.25) is 9.59 Å². The van der Waals surface area contributed by atoms with Gasteiger partial charge in [0.1, 0.15) is 0 Å². The molecule has 0 aliphatic carbocycles. The maximum atomic E-state index is 12.3. The van der Waals surface area contributed by atoms with E-state index in [4.69, 9.17) is 5.73 Å². The van der Waals surface area contributed by atoms with Crippen molar-refractivity contribution in [3.05, 3.63) is 22.4 Å². The van der Waals surface area contributed by atoms with Crippen molar-refractivity contribution in [1.82, 2.24) is 9.80 Å². The van der Waals surface area contributed by atoms with Crippen LogP contribution in [0.15, 0.2) is 16.8 Å². The number of amides is 2. The van der Waals surface area contributed by atoms with E-state index in [1.165, 1.54) is 11.3 Å². The molecule has 2 heterocycles. The minimum Gasteiger partial charge on any atom is -0.340 e. The van der Waals surface area contributed by atoms with Gasteiger partial charge in [-0.1, -0.05) is 13.3 Å². The molecule has 6 heteroatoms. The number of hydrogen-bond donors (Lipinski definition) is 1. The van der Waals surface area contributed by atoms with Crippen LogP contribution in [-0.4, -0.2) is 53.8 Å². The van der Waals surface area contributed by atoms with E-state index < -0.39 is 6.04 Å². The Morgan fingerprint density at radius 3 is 2.67 bits per heavy atom. The average molecular weight is 309 g/mol. The molecule has 1 aliphatic rings. The van der Waals surface area contributed by atoms with E-state index in [1.54, 1.807) is 4.90 Å². The molecule has 1 aromatic heterocycles. The lowest BCUT2D eigenvalue weighted by molar-refractivity contribution is -0.132. The lowest BCUT2D eigenvalue weighted by atomic mass is 10.1. The van der Waals surface area contributed by atoms with E-state index in [-0.39, 0.29) is 11.8 Å². The van der Waals surface area contributed by atoms with E-state index in [0.29, 0.717) is 32.6 Å². The maximum Gasteiger partial charge on any atom is 0.254 e. The summed E-state index contributed by atoms with van der Waals surface area (Å²) in [5.41, 5.74) is 6.65. The first kappa shape index (κ1) is 16.0. The molecule has 116 valence electrons. The molecule has 1 aliphatic heterocycles. The lowest BCUT2D eigenvalue weighted by Crippen LogP contribution is -2.45. The van der Waals surface area contributed by atoms with Gasteiger partial charge < -0.3 is 15.5 Å². The quantitative estimate of drug-likeness (QED) is 0.917. The zero-order valence-corrected chi connectivity index (χ0v) is 13.3. The standard InChI is InChI=1S/C15H23N3O2S/c1-2-4-13(16)15(20)18-7-3-6-17(8-9-18)14(19)12-5-10-21-11-12/h5,10-11,13H,2-4,6-9,16H2,1H3. The van der Waals surface area contributed by atoms with Crippen molar-refractivity contribution in [2.75, 3.05) is 26.2 Å². The van der Waals surface area contributed by atoms with Gasteiger partial charge in [0, 0.05) is 31.6 Å². The fourth-order valence-corrected chi connectivity index (χ4v) is 3.21. The summed E-state index contributed by atoms with van der Waals surface area (Å²) in [7, 11) is 0. The zero-order chi connectivity index (χ0) is 15.2. The Hall–Kier alpha value is -1.40. The SMILES string of the molecule is CCCC(N)C(=O)N1CCCN(C(=O)c2ccsc2)CC1. The Labute approximate surface area is 129 Å². The smallest absolute Gasteiger partial charge is 0.254 e. The van der Waals surface area contributed by atoms with Gasteiger partial charge in [0.15, 0.2) is 0 Å². The van der Waals surface area contributed by atoms with E-state index >= 15 is 0 Å². The summed E-state index contributed by atoms with van der Waals surface area (Å²) in [6, 6.07) is 1.44. The number of carbonyl (C=O) groups excluding carboxylic acids is 2. The van der Waals surface area contributed by atoms with Gasteiger partial charge >= 0.3 is 0 Å². The van der Waals surface area contributed by atoms with Crippen molar-refractivity contribution in [3.8, 4) is 0 Å². The molecule has 0 spiro atoms. The molecule has 0 radical (unpaired) electrons. The second-order valence-corrected chi connectivity index (χ2v) is 6.16. The number of carbonyl (C=O) groups is 2. The minimum atomic E-state index is -0.408. The maximum absolute atomic E-state index is 12.3. The van der Waals surface area contributed by atoms with Crippen LogP contribution in [0.2, 0.25) is 0 Å². The van der Waals surface area contributed by atoms with Crippen molar-refractivity contribution < 1.29 is 9.59 Å². The van der Waals surface area contributed by atoms with Crippen molar-refractivity contribution >= 4 is 23.2 Å². The molecule has 1 unspecified atom stereocenters. The third kappa shape index (κ3) is 4.04. The topological polar surface area (TPSA) is 66.6 Å².